The number of carbonyl (C=O) groups is 2. The van der Waals surface area contributed by atoms with Crippen LogP contribution in [0.25, 0.3) is 0 Å². The van der Waals surface area contributed by atoms with E-state index in [1.807, 2.05) is 0 Å². The molecule has 0 bridgehead atoms. The highest BCUT2D eigenvalue weighted by Crippen LogP contribution is 2.02. The summed E-state index contributed by atoms with van der Waals surface area (Å²) in [6.45, 7) is 3.13. The number of rotatable bonds is 3. The molecule has 2 N–H and O–H groups in total. The molecule has 0 saturated heterocycles. The lowest BCUT2D eigenvalue weighted by Gasteiger charge is -2.06. The van der Waals surface area contributed by atoms with Crippen molar-refractivity contribution in [2.45, 2.75) is 13.8 Å². The van der Waals surface area contributed by atoms with E-state index in [9.17, 15) is 14.4 Å². The Bertz CT molecular complexity index is 505. The van der Waals surface area contributed by atoms with E-state index in [0.717, 1.165) is 0 Å². The number of esters is 1. The molecule has 0 unspecified atom stereocenters. The standard InChI is InChI=1S/C11H14N2O4/c1-6-4-7(2)13-11(16)9(6)10(15)12-5-8(14)17-3/h4H,5H2,1-3H3,(H,12,15)(H,13,16). The Hall–Kier alpha value is -2.11. The molecule has 0 aliphatic heterocycles. The number of hydrogen-bond acceptors (Lipinski definition) is 4. The molecule has 0 radical (unpaired) electrons. The normalized spacial score (nSPS) is 9.82. The molecular formula is C11H14N2O4. The van der Waals surface area contributed by atoms with E-state index in [-0.39, 0.29) is 12.1 Å². The minimum absolute atomic E-state index is 0.0134. The SMILES string of the molecule is COC(=O)CNC(=O)c1c(C)cc(C)[nH]c1=O. The quantitative estimate of drug-likeness (QED) is 0.719. The van der Waals surface area contributed by atoms with E-state index in [1.165, 1.54) is 7.11 Å². The number of aryl methyl sites for hydroxylation is 2. The molecule has 0 aliphatic rings. The molecular weight excluding hydrogens is 224 g/mol. The molecule has 0 spiro atoms. The maximum atomic E-state index is 11.7. The van der Waals surface area contributed by atoms with Gasteiger partial charge in [0.05, 0.1) is 7.11 Å². The highest BCUT2D eigenvalue weighted by Gasteiger charge is 2.15. The zero-order chi connectivity index (χ0) is 13.0. The number of carbonyl (C=O) groups excluding carboxylic acids is 2. The number of nitrogens with one attached hydrogen (secondary N) is 2. The van der Waals surface area contributed by atoms with Crippen LogP contribution in [0, 0.1) is 13.8 Å². The van der Waals surface area contributed by atoms with Gasteiger partial charge in [-0.2, -0.15) is 0 Å². The summed E-state index contributed by atoms with van der Waals surface area (Å²) in [5.74, 6) is -1.16. The third kappa shape index (κ3) is 3.17. The third-order valence-electron chi connectivity index (χ3n) is 2.21. The van der Waals surface area contributed by atoms with Gasteiger partial charge in [-0.05, 0) is 25.5 Å². The van der Waals surface area contributed by atoms with Crippen molar-refractivity contribution in [2.75, 3.05) is 13.7 Å². The van der Waals surface area contributed by atoms with E-state index in [2.05, 4.69) is 15.0 Å². The Morgan fingerprint density at radius 2 is 2.06 bits per heavy atom. The van der Waals surface area contributed by atoms with E-state index in [1.54, 1.807) is 19.9 Å². The van der Waals surface area contributed by atoms with Gasteiger partial charge in [0.15, 0.2) is 0 Å². The van der Waals surface area contributed by atoms with Gasteiger partial charge >= 0.3 is 5.97 Å². The Kier molecular flexibility index (Phi) is 4.03. The van der Waals surface area contributed by atoms with Crippen LogP contribution < -0.4 is 10.9 Å². The number of amides is 1. The first-order chi connectivity index (χ1) is 7.95. The Morgan fingerprint density at radius 3 is 2.59 bits per heavy atom. The number of H-pyrrole nitrogens is 1. The second-order valence-electron chi connectivity index (χ2n) is 3.60. The summed E-state index contributed by atoms with van der Waals surface area (Å²) in [5.41, 5.74) is 0.787. The fourth-order valence-electron chi connectivity index (χ4n) is 1.45. The number of aromatic amines is 1. The van der Waals surface area contributed by atoms with Crippen molar-refractivity contribution in [1.29, 1.82) is 0 Å². The molecule has 1 aromatic rings. The summed E-state index contributed by atoms with van der Waals surface area (Å²) in [4.78, 5) is 36.6. The number of methoxy groups -OCH3 is 1. The van der Waals surface area contributed by atoms with Gasteiger partial charge in [0.2, 0.25) is 0 Å². The lowest BCUT2D eigenvalue weighted by atomic mass is 10.1. The first-order valence-corrected chi connectivity index (χ1v) is 5.01. The molecule has 1 aromatic heterocycles. The van der Waals surface area contributed by atoms with Crippen LogP contribution in [0.1, 0.15) is 21.6 Å². The first-order valence-electron chi connectivity index (χ1n) is 5.01. The predicted molar refractivity (Wildman–Crippen MR) is 60.9 cm³/mol. The first kappa shape index (κ1) is 13.0. The number of hydrogen-bond donors (Lipinski definition) is 2. The summed E-state index contributed by atoms with van der Waals surface area (Å²) in [6.07, 6.45) is 0. The van der Waals surface area contributed by atoms with Gasteiger partial charge in [-0.25, -0.2) is 0 Å². The van der Waals surface area contributed by atoms with Crippen LogP contribution in [0.3, 0.4) is 0 Å². The summed E-state index contributed by atoms with van der Waals surface area (Å²) >= 11 is 0. The van der Waals surface area contributed by atoms with Crippen molar-refractivity contribution < 1.29 is 14.3 Å². The van der Waals surface area contributed by atoms with Crippen molar-refractivity contribution >= 4 is 11.9 Å². The summed E-state index contributed by atoms with van der Waals surface area (Å²) < 4.78 is 4.38. The molecule has 0 saturated carbocycles. The van der Waals surface area contributed by atoms with E-state index in [0.29, 0.717) is 11.3 Å². The zero-order valence-electron chi connectivity index (χ0n) is 9.92. The number of aromatic nitrogens is 1. The van der Waals surface area contributed by atoms with Crippen LogP contribution >= 0.6 is 0 Å². The zero-order valence-corrected chi connectivity index (χ0v) is 9.92. The van der Waals surface area contributed by atoms with Crippen LogP contribution in [0.15, 0.2) is 10.9 Å². The summed E-state index contributed by atoms with van der Waals surface area (Å²) in [6, 6.07) is 1.69. The average Bonchev–Trinajstić information content (AvgIpc) is 2.24. The van der Waals surface area contributed by atoms with Crippen LogP contribution in [0.2, 0.25) is 0 Å². The molecule has 1 heterocycles. The molecule has 6 nitrogen and oxygen atoms in total. The molecule has 6 heteroatoms. The minimum atomic E-state index is -0.589. The largest absolute Gasteiger partial charge is 0.468 e. The molecule has 0 atom stereocenters. The van der Waals surface area contributed by atoms with Crippen LogP contribution in [-0.4, -0.2) is 30.5 Å². The van der Waals surface area contributed by atoms with Gasteiger partial charge in [-0.15, -0.1) is 0 Å². The molecule has 1 amide bonds. The molecule has 17 heavy (non-hydrogen) atoms. The average molecular weight is 238 g/mol. The highest BCUT2D eigenvalue weighted by atomic mass is 16.5. The topological polar surface area (TPSA) is 88.3 Å². The van der Waals surface area contributed by atoms with Gasteiger partial charge in [-0.3, -0.25) is 14.4 Å². The molecule has 0 fully saturated rings. The van der Waals surface area contributed by atoms with Gasteiger partial charge in [-0.1, -0.05) is 0 Å². The lowest BCUT2D eigenvalue weighted by molar-refractivity contribution is -0.139. The monoisotopic (exact) mass is 238 g/mol. The fraction of sp³-hybridized carbons (Fsp3) is 0.364. The molecule has 92 valence electrons. The smallest absolute Gasteiger partial charge is 0.325 e. The van der Waals surface area contributed by atoms with E-state index in [4.69, 9.17) is 0 Å². The third-order valence-corrected chi connectivity index (χ3v) is 2.21. The molecule has 1 rings (SSSR count). The second kappa shape index (κ2) is 5.29. The molecule has 0 aromatic carbocycles. The van der Waals surface area contributed by atoms with Crippen molar-refractivity contribution in [3.8, 4) is 0 Å². The number of pyridine rings is 1. The lowest BCUT2D eigenvalue weighted by Crippen LogP contribution is -2.34. The summed E-state index contributed by atoms with van der Waals surface area (Å²) in [5, 5.41) is 2.32. The van der Waals surface area contributed by atoms with Crippen molar-refractivity contribution in [1.82, 2.24) is 10.3 Å². The van der Waals surface area contributed by atoms with E-state index < -0.39 is 17.4 Å². The Labute approximate surface area is 98.0 Å². The van der Waals surface area contributed by atoms with Gasteiger partial charge in [0.25, 0.3) is 11.5 Å². The minimum Gasteiger partial charge on any atom is -0.468 e. The van der Waals surface area contributed by atoms with Gasteiger partial charge in [0.1, 0.15) is 12.1 Å². The number of ether oxygens (including phenoxy) is 1. The maximum Gasteiger partial charge on any atom is 0.325 e. The Balaban J connectivity index is 2.90. The fourth-order valence-corrected chi connectivity index (χ4v) is 1.45. The Morgan fingerprint density at radius 1 is 1.41 bits per heavy atom. The van der Waals surface area contributed by atoms with Gasteiger partial charge in [0, 0.05) is 5.69 Å². The van der Waals surface area contributed by atoms with Crippen molar-refractivity contribution in [2.24, 2.45) is 0 Å². The second-order valence-corrected chi connectivity index (χ2v) is 3.60. The summed E-state index contributed by atoms with van der Waals surface area (Å²) in [7, 11) is 1.22. The van der Waals surface area contributed by atoms with Crippen LogP contribution in [0.5, 0.6) is 0 Å². The highest BCUT2D eigenvalue weighted by molar-refractivity contribution is 5.96. The van der Waals surface area contributed by atoms with Crippen molar-refractivity contribution in [3.05, 3.63) is 33.2 Å². The van der Waals surface area contributed by atoms with Crippen LogP contribution in [-0.2, 0) is 9.53 Å². The van der Waals surface area contributed by atoms with Crippen molar-refractivity contribution in [3.63, 3.8) is 0 Å². The molecule has 0 aliphatic carbocycles. The van der Waals surface area contributed by atoms with Gasteiger partial charge < -0.3 is 15.0 Å². The maximum absolute atomic E-state index is 11.7. The van der Waals surface area contributed by atoms with E-state index >= 15 is 0 Å². The van der Waals surface area contributed by atoms with Crippen LogP contribution in [0.4, 0.5) is 0 Å². The predicted octanol–water partition coefficient (Wildman–Crippen LogP) is -0.105.